The molecule has 1 aromatic carbocycles. The number of fused-ring (bicyclic) bond motifs is 1. The maximum absolute atomic E-state index is 9.93. The predicted molar refractivity (Wildman–Crippen MR) is 55.4 cm³/mol. The van der Waals surface area contributed by atoms with Crippen LogP contribution in [0.25, 0.3) is 0 Å². The third kappa shape index (κ3) is 1.90. The van der Waals surface area contributed by atoms with Crippen LogP contribution in [0.1, 0.15) is 30.9 Å². The Hall–Kier alpha value is -1.02. The van der Waals surface area contributed by atoms with Gasteiger partial charge in [-0.3, -0.25) is 0 Å². The zero-order valence-electron chi connectivity index (χ0n) is 8.45. The molecule has 0 heterocycles. The van der Waals surface area contributed by atoms with E-state index in [4.69, 9.17) is 0 Å². The second-order valence-corrected chi connectivity index (χ2v) is 4.45. The number of hydrogen-bond acceptors (Lipinski definition) is 2. The Balaban J connectivity index is 2.30. The Morgan fingerprint density at radius 2 is 1.79 bits per heavy atom. The molecule has 1 atom stereocenters. The van der Waals surface area contributed by atoms with E-state index < -0.39 is 5.60 Å². The number of aromatic hydroxyl groups is 1. The first kappa shape index (κ1) is 9.53. The minimum atomic E-state index is -0.547. The number of benzene rings is 1. The van der Waals surface area contributed by atoms with E-state index >= 15 is 0 Å². The molecule has 2 N–H and O–H groups in total. The fraction of sp³-hybridized carbons (Fsp3) is 0.500. The van der Waals surface area contributed by atoms with Crippen molar-refractivity contribution >= 4 is 0 Å². The predicted octanol–water partition coefficient (Wildman–Crippen LogP) is 2.02. The summed E-state index contributed by atoms with van der Waals surface area (Å²) in [5, 5.41) is 19.3. The smallest absolute Gasteiger partial charge is 0.115 e. The average Bonchev–Trinajstić information content (AvgIpc) is 2.26. The summed E-state index contributed by atoms with van der Waals surface area (Å²) in [4.78, 5) is 0. The summed E-state index contributed by atoms with van der Waals surface area (Å²) in [5.41, 5.74) is 1.90. The largest absolute Gasteiger partial charge is 0.508 e. The lowest BCUT2D eigenvalue weighted by atomic mass is 9.97. The molecule has 1 aliphatic carbocycles. The minimum absolute atomic E-state index is 0.324. The quantitative estimate of drug-likeness (QED) is 0.617. The van der Waals surface area contributed by atoms with Gasteiger partial charge in [0.15, 0.2) is 0 Å². The van der Waals surface area contributed by atoms with Crippen molar-refractivity contribution in [3.8, 4) is 5.75 Å². The van der Waals surface area contributed by atoms with Crippen LogP contribution in [-0.4, -0.2) is 15.8 Å². The van der Waals surface area contributed by atoms with Crippen LogP contribution < -0.4 is 0 Å². The van der Waals surface area contributed by atoms with Crippen LogP contribution in [0.4, 0.5) is 0 Å². The van der Waals surface area contributed by atoms with Crippen LogP contribution in [-0.2, 0) is 12.8 Å². The third-order valence-electron chi connectivity index (χ3n) is 3.06. The topological polar surface area (TPSA) is 40.5 Å². The van der Waals surface area contributed by atoms with E-state index in [1.807, 2.05) is 19.1 Å². The standard InChI is InChI=1S/C12H16O2/c1-12(14)6-4-9-2-3-11(13)8-10(9)5-7-12/h2-3,8,13-14H,4-7H2,1H3. The van der Waals surface area contributed by atoms with Crippen molar-refractivity contribution < 1.29 is 10.2 Å². The number of aryl methyl sites for hydroxylation is 2. The van der Waals surface area contributed by atoms with Crippen LogP contribution >= 0.6 is 0 Å². The molecule has 0 spiro atoms. The first-order chi connectivity index (χ1) is 6.57. The van der Waals surface area contributed by atoms with E-state index in [1.54, 1.807) is 6.07 Å². The summed E-state index contributed by atoms with van der Waals surface area (Å²) >= 11 is 0. The van der Waals surface area contributed by atoms with Crippen molar-refractivity contribution in [3.63, 3.8) is 0 Å². The van der Waals surface area contributed by atoms with Gasteiger partial charge in [-0.2, -0.15) is 0 Å². The molecule has 2 nitrogen and oxygen atoms in total. The maximum atomic E-state index is 9.93. The lowest BCUT2D eigenvalue weighted by Gasteiger charge is -2.19. The maximum Gasteiger partial charge on any atom is 0.115 e. The Morgan fingerprint density at radius 3 is 2.50 bits per heavy atom. The molecule has 0 saturated heterocycles. The summed E-state index contributed by atoms with van der Waals surface area (Å²) in [6, 6.07) is 5.50. The SMILES string of the molecule is CC1(O)CCc2ccc(O)cc2CC1. The molecule has 2 heteroatoms. The van der Waals surface area contributed by atoms with Gasteiger partial charge in [-0.05, 0) is 55.9 Å². The Bertz CT molecular complexity index is 342. The van der Waals surface area contributed by atoms with Gasteiger partial charge in [-0.1, -0.05) is 6.07 Å². The Morgan fingerprint density at radius 1 is 1.14 bits per heavy atom. The highest BCUT2D eigenvalue weighted by Gasteiger charge is 2.24. The zero-order valence-corrected chi connectivity index (χ0v) is 8.45. The first-order valence-corrected chi connectivity index (χ1v) is 5.10. The van der Waals surface area contributed by atoms with Gasteiger partial charge in [0.2, 0.25) is 0 Å². The van der Waals surface area contributed by atoms with Crippen LogP contribution in [0.5, 0.6) is 5.75 Å². The number of hydrogen-bond donors (Lipinski definition) is 2. The van der Waals surface area contributed by atoms with Gasteiger partial charge in [-0.15, -0.1) is 0 Å². The molecule has 1 aliphatic rings. The Labute approximate surface area is 84.2 Å². The van der Waals surface area contributed by atoms with Gasteiger partial charge in [0.25, 0.3) is 0 Å². The van der Waals surface area contributed by atoms with Gasteiger partial charge in [0, 0.05) is 0 Å². The van der Waals surface area contributed by atoms with E-state index in [0.717, 1.165) is 25.7 Å². The molecule has 0 amide bonds. The van der Waals surface area contributed by atoms with Crippen molar-refractivity contribution in [1.29, 1.82) is 0 Å². The zero-order chi connectivity index (χ0) is 10.2. The fourth-order valence-corrected chi connectivity index (χ4v) is 2.02. The highest BCUT2D eigenvalue weighted by Crippen LogP contribution is 2.29. The summed E-state index contributed by atoms with van der Waals surface area (Å²) in [6.07, 6.45) is 3.35. The van der Waals surface area contributed by atoms with Gasteiger partial charge >= 0.3 is 0 Å². The molecular formula is C12H16O2. The van der Waals surface area contributed by atoms with Crippen molar-refractivity contribution in [3.05, 3.63) is 29.3 Å². The van der Waals surface area contributed by atoms with Crippen LogP contribution in [0, 0.1) is 0 Å². The molecule has 0 fully saturated rings. The summed E-state index contributed by atoms with van der Waals surface area (Å²) in [6.45, 7) is 1.89. The van der Waals surface area contributed by atoms with E-state index in [0.29, 0.717) is 5.75 Å². The third-order valence-corrected chi connectivity index (χ3v) is 3.06. The average molecular weight is 192 g/mol. The van der Waals surface area contributed by atoms with Gasteiger partial charge in [0.05, 0.1) is 5.60 Å². The molecule has 0 aromatic heterocycles. The number of phenolic OH excluding ortho intramolecular Hbond substituents is 1. The van der Waals surface area contributed by atoms with E-state index in [-0.39, 0.29) is 0 Å². The molecule has 0 aliphatic heterocycles. The molecule has 0 radical (unpaired) electrons. The normalized spacial score (nSPS) is 26.7. The van der Waals surface area contributed by atoms with Gasteiger partial charge < -0.3 is 10.2 Å². The van der Waals surface area contributed by atoms with E-state index in [9.17, 15) is 10.2 Å². The van der Waals surface area contributed by atoms with E-state index in [2.05, 4.69) is 0 Å². The van der Waals surface area contributed by atoms with Crippen molar-refractivity contribution in [2.24, 2.45) is 0 Å². The van der Waals surface area contributed by atoms with Crippen molar-refractivity contribution in [1.82, 2.24) is 0 Å². The molecule has 2 rings (SSSR count). The highest BCUT2D eigenvalue weighted by molar-refractivity contribution is 5.36. The monoisotopic (exact) mass is 192 g/mol. The number of phenols is 1. The van der Waals surface area contributed by atoms with Crippen molar-refractivity contribution in [2.75, 3.05) is 0 Å². The molecule has 0 bridgehead atoms. The fourth-order valence-electron chi connectivity index (χ4n) is 2.02. The van der Waals surface area contributed by atoms with Crippen LogP contribution in [0.15, 0.2) is 18.2 Å². The highest BCUT2D eigenvalue weighted by atomic mass is 16.3. The lowest BCUT2D eigenvalue weighted by Crippen LogP contribution is -2.23. The molecule has 14 heavy (non-hydrogen) atoms. The number of rotatable bonds is 0. The van der Waals surface area contributed by atoms with Gasteiger partial charge in [0.1, 0.15) is 5.75 Å². The number of aliphatic hydroxyl groups is 1. The minimum Gasteiger partial charge on any atom is -0.508 e. The summed E-state index contributed by atoms with van der Waals surface area (Å²) < 4.78 is 0. The molecular weight excluding hydrogens is 176 g/mol. The van der Waals surface area contributed by atoms with Gasteiger partial charge in [-0.25, -0.2) is 0 Å². The Kier molecular flexibility index (Phi) is 2.23. The molecule has 0 saturated carbocycles. The second-order valence-electron chi connectivity index (χ2n) is 4.45. The summed E-state index contributed by atoms with van der Waals surface area (Å²) in [7, 11) is 0. The van der Waals surface area contributed by atoms with E-state index in [1.165, 1.54) is 11.1 Å². The summed E-state index contributed by atoms with van der Waals surface area (Å²) in [5.74, 6) is 0.324. The molecule has 1 aromatic rings. The second kappa shape index (κ2) is 3.28. The molecule has 76 valence electrons. The molecule has 1 unspecified atom stereocenters. The lowest BCUT2D eigenvalue weighted by molar-refractivity contribution is 0.0452. The van der Waals surface area contributed by atoms with Crippen LogP contribution in [0.3, 0.4) is 0 Å². The first-order valence-electron chi connectivity index (χ1n) is 5.10. The van der Waals surface area contributed by atoms with Crippen LogP contribution in [0.2, 0.25) is 0 Å². The van der Waals surface area contributed by atoms with Crippen molar-refractivity contribution in [2.45, 2.75) is 38.2 Å².